The van der Waals surface area contributed by atoms with Crippen LogP contribution in [0.25, 0.3) is 0 Å². The van der Waals surface area contributed by atoms with Gasteiger partial charge in [-0.3, -0.25) is 9.59 Å². The second-order valence-electron chi connectivity index (χ2n) is 8.34. The Kier molecular flexibility index (Phi) is 6.95. The second-order valence-corrected chi connectivity index (χ2v) is 10.3. The number of amides is 2. The fourth-order valence-electron chi connectivity index (χ4n) is 4.32. The van der Waals surface area contributed by atoms with Gasteiger partial charge in [-0.25, -0.2) is 8.42 Å². The zero-order valence-corrected chi connectivity index (χ0v) is 18.1. The number of piperazine rings is 1. The van der Waals surface area contributed by atoms with E-state index < -0.39 is 10.0 Å². The summed E-state index contributed by atoms with van der Waals surface area (Å²) in [6.45, 7) is 7.12. The summed E-state index contributed by atoms with van der Waals surface area (Å²) in [6, 6.07) is 8.35. The average molecular weight is 422 g/mol. The molecule has 0 bridgehead atoms. The molecule has 0 aliphatic carbocycles. The predicted octanol–water partition coefficient (Wildman–Crippen LogP) is 1.80. The topological polar surface area (TPSA) is 78.0 Å². The van der Waals surface area contributed by atoms with Gasteiger partial charge >= 0.3 is 0 Å². The molecule has 0 aromatic heterocycles. The van der Waals surface area contributed by atoms with Crippen LogP contribution in [0.5, 0.6) is 0 Å². The van der Waals surface area contributed by atoms with Crippen LogP contribution < -0.4 is 0 Å². The molecule has 2 fully saturated rings. The summed E-state index contributed by atoms with van der Waals surface area (Å²) in [5, 5.41) is 0. The number of piperidine rings is 1. The first-order chi connectivity index (χ1) is 13.8. The highest BCUT2D eigenvalue weighted by atomic mass is 32.2. The minimum atomic E-state index is -3.53. The van der Waals surface area contributed by atoms with Crippen molar-refractivity contribution >= 4 is 21.8 Å². The molecule has 3 rings (SSSR count). The molecule has 0 spiro atoms. The summed E-state index contributed by atoms with van der Waals surface area (Å²) in [4.78, 5) is 28.8. The normalized spacial score (nSPS) is 23.8. The molecule has 2 saturated heterocycles. The van der Waals surface area contributed by atoms with Crippen molar-refractivity contribution in [3.63, 3.8) is 0 Å². The average Bonchev–Trinajstić information content (AvgIpc) is 2.71. The van der Waals surface area contributed by atoms with Crippen molar-refractivity contribution in [2.45, 2.75) is 38.0 Å². The molecule has 0 unspecified atom stereocenters. The van der Waals surface area contributed by atoms with Gasteiger partial charge in [-0.05, 0) is 30.4 Å². The van der Waals surface area contributed by atoms with E-state index in [1.165, 1.54) is 4.31 Å². The van der Waals surface area contributed by atoms with Crippen molar-refractivity contribution < 1.29 is 18.0 Å². The van der Waals surface area contributed by atoms with Crippen molar-refractivity contribution in [1.82, 2.24) is 14.1 Å². The highest BCUT2D eigenvalue weighted by Crippen LogP contribution is 2.22. The van der Waals surface area contributed by atoms with Crippen LogP contribution in [0.4, 0.5) is 0 Å². The number of rotatable bonds is 5. The monoisotopic (exact) mass is 421 g/mol. The molecule has 8 heteroatoms. The van der Waals surface area contributed by atoms with E-state index in [1.807, 2.05) is 4.90 Å². The van der Waals surface area contributed by atoms with Crippen LogP contribution >= 0.6 is 0 Å². The summed E-state index contributed by atoms with van der Waals surface area (Å²) in [7, 11) is -3.53. The number of benzene rings is 1. The van der Waals surface area contributed by atoms with Gasteiger partial charge in [-0.2, -0.15) is 4.31 Å². The van der Waals surface area contributed by atoms with Crippen molar-refractivity contribution in [2.24, 2.45) is 11.8 Å². The van der Waals surface area contributed by atoms with Gasteiger partial charge in [0.2, 0.25) is 21.8 Å². The molecule has 2 heterocycles. The quantitative estimate of drug-likeness (QED) is 0.726. The highest BCUT2D eigenvalue weighted by molar-refractivity contribution is 7.89. The molecule has 0 N–H and O–H groups in total. The molecular formula is C21H31N3O4S. The van der Waals surface area contributed by atoms with Crippen molar-refractivity contribution in [2.75, 3.05) is 39.3 Å². The van der Waals surface area contributed by atoms with E-state index in [0.717, 1.165) is 19.5 Å². The lowest BCUT2D eigenvalue weighted by molar-refractivity contribution is -0.139. The summed E-state index contributed by atoms with van der Waals surface area (Å²) in [5.74, 6) is 0.964. The molecule has 2 aliphatic heterocycles. The number of sulfonamides is 1. The predicted molar refractivity (Wildman–Crippen MR) is 111 cm³/mol. The molecule has 2 aliphatic rings. The second kappa shape index (κ2) is 9.26. The fraction of sp³-hybridized carbons (Fsp3) is 0.619. The zero-order valence-electron chi connectivity index (χ0n) is 17.3. The van der Waals surface area contributed by atoms with E-state index in [2.05, 4.69) is 13.8 Å². The Bertz CT molecular complexity index is 810. The lowest BCUT2D eigenvalue weighted by atomic mass is 9.91. The Balaban J connectivity index is 1.47. The van der Waals surface area contributed by atoms with Crippen molar-refractivity contribution in [3.8, 4) is 0 Å². The maximum atomic E-state index is 12.7. The summed E-state index contributed by atoms with van der Waals surface area (Å²) in [5.41, 5.74) is 0. The minimum absolute atomic E-state index is 0.0436. The van der Waals surface area contributed by atoms with Crippen molar-refractivity contribution in [1.29, 1.82) is 0 Å². The van der Waals surface area contributed by atoms with Gasteiger partial charge in [0.25, 0.3) is 0 Å². The van der Waals surface area contributed by atoms with E-state index in [4.69, 9.17) is 0 Å². The van der Waals surface area contributed by atoms with Gasteiger partial charge in [0.15, 0.2) is 0 Å². The first kappa shape index (κ1) is 21.8. The highest BCUT2D eigenvalue weighted by Gasteiger charge is 2.30. The number of hydrogen-bond donors (Lipinski definition) is 0. The van der Waals surface area contributed by atoms with Gasteiger partial charge < -0.3 is 9.80 Å². The maximum Gasteiger partial charge on any atom is 0.243 e. The van der Waals surface area contributed by atoms with Gasteiger partial charge in [0.05, 0.1) is 4.90 Å². The third-order valence-electron chi connectivity index (χ3n) is 5.75. The third kappa shape index (κ3) is 5.36. The number of nitrogens with zero attached hydrogens (tertiary/aromatic N) is 3. The van der Waals surface area contributed by atoms with E-state index in [0.29, 0.717) is 24.9 Å². The molecule has 160 valence electrons. The van der Waals surface area contributed by atoms with Crippen LogP contribution in [0.1, 0.15) is 33.1 Å². The van der Waals surface area contributed by atoms with Gasteiger partial charge in [0, 0.05) is 52.1 Å². The summed E-state index contributed by atoms with van der Waals surface area (Å²) >= 11 is 0. The Morgan fingerprint density at radius 3 is 1.93 bits per heavy atom. The molecule has 1 aromatic rings. The lowest BCUT2D eigenvalue weighted by Crippen LogP contribution is -2.50. The molecule has 7 nitrogen and oxygen atoms in total. The molecular weight excluding hydrogens is 390 g/mol. The third-order valence-corrected chi connectivity index (χ3v) is 7.66. The van der Waals surface area contributed by atoms with E-state index in [-0.39, 0.29) is 42.6 Å². The van der Waals surface area contributed by atoms with E-state index in [1.54, 1.807) is 35.2 Å². The van der Waals surface area contributed by atoms with E-state index in [9.17, 15) is 18.0 Å². The van der Waals surface area contributed by atoms with Crippen LogP contribution in [0.15, 0.2) is 35.2 Å². The van der Waals surface area contributed by atoms with Crippen molar-refractivity contribution in [3.05, 3.63) is 30.3 Å². The largest absolute Gasteiger partial charge is 0.342 e. The van der Waals surface area contributed by atoms with E-state index >= 15 is 0 Å². The number of carbonyl (C=O) groups excluding carboxylic acids is 2. The Labute approximate surface area is 173 Å². The lowest BCUT2D eigenvalue weighted by Gasteiger charge is -2.36. The van der Waals surface area contributed by atoms with Crippen LogP contribution in [0.2, 0.25) is 0 Å². The molecule has 0 radical (unpaired) electrons. The fourth-order valence-corrected chi connectivity index (χ4v) is 5.76. The summed E-state index contributed by atoms with van der Waals surface area (Å²) in [6.07, 6.45) is 1.54. The SMILES string of the molecule is C[C@@H]1C[C@H](C)CN(C(=O)CCC(=O)N2CCN(S(=O)(=O)c3ccccc3)CC2)C1. The molecule has 29 heavy (non-hydrogen) atoms. The number of hydrogen-bond acceptors (Lipinski definition) is 4. The van der Waals surface area contributed by atoms with Gasteiger partial charge in [-0.15, -0.1) is 0 Å². The molecule has 1 aromatic carbocycles. The minimum Gasteiger partial charge on any atom is -0.342 e. The molecule has 2 atom stereocenters. The van der Waals surface area contributed by atoms with Crippen LogP contribution in [0.3, 0.4) is 0 Å². The molecule has 2 amide bonds. The first-order valence-corrected chi connectivity index (χ1v) is 11.8. The number of likely N-dealkylation sites (tertiary alicyclic amines) is 1. The smallest absolute Gasteiger partial charge is 0.243 e. The Hall–Kier alpha value is -1.93. The van der Waals surface area contributed by atoms with Crippen LogP contribution in [0, 0.1) is 11.8 Å². The molecule has 0 saturated carbocycles. The summed E-state index contributed by atoms with van der Waals surface area (Å²) < 4.78 is 26.8. The van der Waals surface area contributed by atoms with Gasteiger partial charge in [-0.1, -0.05) is 32.0 Å². The Morgan fingerprint density at radius 1 is 0.862 bits per heavy atom. The van der Waals surface area contributed by atoms with Crippen LogP contribution in [-0.2, 0) is 19.6 Å². The standard InChI is InChI=1S/C21H31N3O4S/c1-17-14-18(2)16-23(15-17)21(26)9-8-20(25)22-10-12-24(13-11-22)29(27,28)19-6-4-3-5-7-19/h3-7,17-18H,8-16H2,1-2H3/t17-,18+. The zero-order chi connectivity index (χ0) is 21.0. The Morgan fingerprint density at radius 2 is 1.38 bits per heavy atom. The van der Waals surface area contributed by atoms with Crippen LogP contribution in [-0.4, -0.2) is 73.6 Å². The van der Waals surface area contributed by atoms with Gasteiger partial charge in [0.1, 0.15) is 0 Å². The first-order valence-electron chi connectivity index (χ1n) is 10.4. The number of carbonyl (C=O) groups is 2. The maximum absolute atomic E-state index is 12.7.